The molecule has 6 nitrogen and oxygen atoms in total. The van der Waals surface area contributed by atoms with Crippen LogP contribution in [0.5, 0.6) is 0 Å². The standard InChI is InChI=1S/C14H15F2N3O3/c1-8(20)18-9-2-3-11(15)10(4-9)14-7-21-5-13(14,16)6-22-12(17)19-14/h2-4H,5-7H2,1H3,(H2,17,19)(H,18,20). The van der Waals surface area contributed by atoms with E-state index in [4.69, 9.17) is 15.2 Å². The molecule has 2 aliphatic rings. The summed E-state index contributed by atoms with van der Waals surface area (Å²) in [4.78, 5) is 15.2. The van der Waals surface area contributed by atoms with E-state index in [2.05, 4.69) is 10.3 Å². The molecule has 1 aromatic carbocycles. The lowest BCUT2D eigenvalue weighted by Crippen LogP contribution is -2.55. The minimum absolute atomic E-state index is 0.0231. The largest absolute Gasteiger partial charge is 0.462 e. The Labute approximate surface area is 125 Å². The Kier molecular flexibility index (Phi) is 3.28. The van der Waals surface area contributed by atoms with E-state index in [1.807, 2.05) is 0 Å². The normalized spacial score (nSPS) is 30.2. The summed E-state index contributed by atoms with van der Waals surface area (Å²) >= 11 is 0. The van der Waals surface area contributed by atoms with Crippen LogP contribution in [0.15, 0.2) is 23.2 Å². The molecule has 0 aliphatic carbocycles. The van der Waals surface area contributed by atoms with Crippen molar-refractivity contribution in [3.8, 4) is 0 Å². The third-order valence-corrected chi connectivity index (χ3v) is 3.87. The summed E-state index contributed by atoms with van der Waals surface area (Å²) in [7, 11) is 0. The first kappa shape index (κ1) is 14.7. The molecule has 2 heterocycles. The maximum absolute atomic E-state index is 15.2. The second-order valence-corrected chi connectivity index (χ2v) is 5.43. The highest BCUT2D eigenvalue weighted by molar-refractivity contribution is 5.88. The fourth-order valence-electron chi connectivity index (χ4n) is 2.81. The van der Waals surface area contributed by atoms with Gasteiger partial charge >= 0.3 is 0 Å². The number of hydrogen-bond donors (Lipinski definition) is 2. The summed E-state index contributed by atoms with van der Waals surface area (Å²) < 4.78 is 39.7. The minimum Gasteiger partial charge on any atom is -0.462 e. The van der Waals surface area contributed by atoms with E-state index in [0.29, 0.717) is 5.69 Å². The zero-order chi connectivity index (χ0) is 16.0. The van der Waals surface area contributed by atoms with Gasteiger partial charge < -0.3 is 20.5 Å². The third-order valence-electron chi connectivity index (χ3n) is 3.87. The van der Waals surface area contributed by atoms with Crippen LogP contribution in [0, 0.1) is 5.82 Å². The molecule has 118 valence electrons. The number of amidine groups is 1. The lowest BCUT2D eigenvalue weighted by atomic mass is 9.78. The number of nitrogens with zero attached hydrogens (tertiary/aromatic N) is 1. The minimum atomic E-state index is -2.02. The first-order valence-electron chi connectivity index (χ1n) is 6.69. The van der Waals surface area contributed by atoms with Gasteiger partial charge in [-0.05, 0) is 18.2 Å². The van der Waals surface area contributed by atoms with Gasteiger partial charge in [-0.15, -0.1) is 0 Å². The topological polar surface area (TPSA) is 85.9 Å². The average Bonchev–Trinajstić information content (AvgIpc) is 2.78. The van der Waals surface area contributed by atoms with Crippen LogP contribution in [-0.2, 0) is 19.8 Å². The molecule has 3 N–H and O–H groups in total. The highest BCUT2D eigenvalue weighted by atomic mass is 19.1. The zero-order valence-electron chi connectivity index (χ0n) is 11.9. The molecule has 0 bridgehead atoms. The molecule has 0 saturated carbocycles. The number of nitrogens with two attached hydrogens (primary N) is 1. The van der Waals surface area contributed by atoms with E-state index in [0.717, 1.165) is 6.07 Å². The number of rotatable bonds is 2. The van der Waals surface area contributed by atoms with Crippen molar-refractivity contribution in [2.75, 3.05) is 25.1 Å². The van der Waals surface area contributed by atoms with Crippen molar-refractivity contribution >= 4 is 17.6 Å². The third kappa shape index (κ3) is 2.10. The van der Waals surface area contributed by atoms with Crippen molar-refractivity contribution in [2.24, 2.45) is 10.7 Å². The van der Waals surface area contributed by atoms with Crippen LogP contribution in [0.25, 0.3) is 0 Å². The van der Waals surface area contributed by atoms with Gasteiger partial charge in [-0.3, -0.25) is 4.79 Å². The number of anilines is 1. The first-order valence-corrected chi connectivity index (χ1v) is 6.69. The molecule has 1 amide bonds. The van der Waals surface area contributed by atoms with Crippen LogP contribution in [0.1, 0.15) is 12.5 Å². The monoisotopic (exact) mass is 311 g/mol. The molecule has 0 radical (unpaired) electrons. The molecule has 0 aromatic heterocycles. The van der Waals surface area contributed by atoms with E-state index in [-0.39, 0.29) is 37.3 Å². The number of amides is 1. The van der Waals surface area contributed by atoms with Crippen LogP contribution in [0.3, 0.4) is 0 Å². The average molecular weight is 311 g/mol. The summed E-state index contributed by atoms with van der Waals surface area (Å²) in [5.74, 6) is -0.973. The van der Waals surface area contributed by atoms with Gasteiger partial charge in [0.05, 0.1) is 13.2 Å². The summed E-state index contributed by atoms with van der Waals surface area (Å²) in [6.45, 7) is 0.526. The van der Waals surface area contributed by atoms with Crippen molar-refractivity contribution in [1.29, 1.82) is 0 Å². The smallest absolute Gasteiger partial charge is 0.283 e. The van der Waals surface area contributed by atoms with Gasteiger partial charge in [0.2, 0.25) is 5.91 Å². The number of hydrogen-bond acceptors (Lipinski definition) is 5. The highest BCUT2D eigenvalue weighted by Crippen LogP contribution is 2.48. The van der Waals surface area contributed by atoms with Gasteiger partial charge in [0.1, 0.15) is 12.4 Å². The van der Waals surface area contributed by atoms with Crippen LogP contribution < -0.4 is 11.1 Å². The maximum Gasteiger partial charge on any atom is 0.283 e. The number of halogens is 2. The quantitative estimate of drug-likeness (QED) is 0.855. The Morgan fingerprint density at radius 2 is 2.18 bits per heavy atom. The molecule has 8 heteroatoms. The highest BCUT2D eigenvalue weighted by Gasteiger charge is 2.62. The van der Waals surface area contributed by atoms with Gasteiger partial charge in [-0.25, -0.2) is 13.8 Å². The first-order chi connectivity index (χ1) is 10.4. The lowest BCUT2D eigenvalue weighted by molar-refractivity contribution is -0.114. The predicted molar refractivity (Wildman–Crippen MR) is 74.6 cm³/mol. The number of aliphatic imine (C=N–C) groups is 1. The number of fused-ring (bicyclic) bond motifs is 1. The van der Waals surface area contributed by atoms with E-state index in [9.17, 15) is 9.18 Å². The van der Waals surface area contributed by atoms with Crippen molar-refractivity contribution < 1.29 is 23.0 Å². The molecular formula is C14H15F2N3O3. The van der Waals surface area contributed by atoms with Gasteiger partial charge in [0.25, 0.3) is 6.02 Å². The number of carbonyl (C=O) groups is 1. The second kappa shape index (κ2) is 4.91. The fourth-order valence-corrected chi connectivity index (χ4v) is 2.81. The van der Waals surface area contributed by atoms with Crippen molar-refractivity contribution in [3.05, 3.63) is 29.6 Å². The van der Waals surface area contributed by atoms with Crippen LogP contribution in [0.2, 0.25) is 0 Å². The van der Waals surface area contributed by atoms with Crippen molar-refractivity contribution in [2.45, 2.75) is 18.1 Å². The van der Waals surface area contributed by atoms with Gasteiger partial charge in [0.15, 0.2) is 11.2 Å². The Morgan fingerprint density at radius 1 is 1.41 bits per heavy atom. The second-order valence-electron chi connectivity index (χ2n) is 5.43. The van der Waals surface area contributed by atoms with E-state index in [1.165, 1.54) is 19.1 Å². The SMILES string of the molecule is CC(=O)Nc1ccc(F)c(C23COCC2(F)COC(N)=N3)c1. The molecule has 2 atom stereocenters. The van der Waals surface area contributed by atoms with Crippen LogP contribution in [-0.4, -0.2) is 37.4 Å². The Bertz CT molecular complexity index is 667. The molecule has 2 unspecified atom stereocenters. The van der Waals surface area contributed by atoms with Crippen LogP contribution >= 0.6 is 0 Å². The van der Waals surface area contributed by atoms with E-state index >= 15 is 4.39 Å². The predicted octanol–water partition coefficient (Wildman–Crippen LogP) is 1.06. The number of nitrogens with one attached hydrogen (secondary N) is 1. The zero-order valence-corrected chi connectivity index (χ0v) is 11.9. The number of alkyl halides is 1. The maximum atomic E-state index is 15.2. The molecule has 0 spiro atoms. The number of benzene rings is 1. The molecule has 22 heavy (non-hydrogen) atoms. The van der Waals surface area contributed by atoms with Gasteiger partial charge in [-0.2, -0.15) is 0 Å². The Balaban J connectivity index is 2.15. The molecule has 1 fully saturated rings. The van der Waals surface area contributed by atoms with Crippen LogP contribution in [0.4, 0.5) is 14.5 Å². The van der Waals surface area contributed by atoms with E-state index < -0.39 is 17.0 Å². The summed E-state index contributed by atoms with van der Waals surface area (Å²) in [6, 6.07) is 3.67. The van der Waals surface area contributed by atoms with Gasteiger partial charge in [-0.1, -0.05) is 0 Å². The fraction of sp³-hybridized carbons (Fsp3) is 0.429. The summed E-state index contributed by atoms with van der Waals surface area (Å²) in [5.41, 5.74) is 2.23. The van der Waals surface area contributed by atoms with E-state index in [1.54, 1.807) is 0 Å². The van der Waals surface area contributed by atoms with Crippen molar-refractivity contribution in [3.63, 3.8) is 0 Å². The molecule has 2 aliphatic heterocycles. The Hall–Kier alpha value is -2.22. The number of carbonyl (C=O) groups excluding carboxylic acids is 1. The van der Waals surface area contributed by atoms with Crippen molar-refractivity contribution in [1.82, 2.24) is 0 Å². The number of ether oxygens (including phenoxy) is 2. The molecule has 3 rings (SSSR count). The molecule has 1 saturated heterocycles. The lowest BCUT2D eigenvalue weighted by Gasteiger charge is -2.38. The molecule has 1 aromatic rings. The summed E-state index contributed by atoms with van der Waals surface area (Å²) in [5, 5.41) is 2.53. The Morgan fingerprint density at radius 3 is 2.91 bits per heavy atom. The van der Waals surface area contributed by atoms with Gasteiger partial charge in [0, 0.05) is 18.2 Å². The summed E-state index contributed by atoms with van der Waals surface area (Å²) in [6.07, 6.45) is 0. The molecular weight excluding hydrogens is 296 g/mol.